The summed E-state index contributed by atoms with van der Waals surface area (Å²) >= 11 is 0. The lowest BCUT2D eigenvalue weighted by Gasteiger charge is -2.44. The molecular weight excluding hydrogens is 546 g/mol. The van der Waals surface area contributed by atoms with Gasteiger partial charge < -0.3 is 15.9 Å². The van der Waals surface area contributed by atoms with Crippen molar-refractivity contribution in [1.82, 2.24) is 0 Å². The molecule has 0 bridgehead atoms. The normalized spacial score (nSPS) is 19.5. The summed E-state index contributed by atoms with van der Waals surface area (Å²) in [5, 5.41) is 18.9. The van der Waals surface area contributed by atoms with Gasteiger partial charge in [0.15, 0.2) is 0 Å². The Hall–Kier alpha value is -4.22. The monoisotopic (exact) mass is 589 g/mol. The van der Waals surface area contributed by atoms with Gasteiger partial charge in [-0.05, 0) is 80.5 Å². The van der Waals surface area contributed by atoms with E-state index in [1.165, 1.54) is 22.3 Å². The number of rotatable bonds is 6. The molecule has 0 amide bonds. The number of hydrogen-bond donors (Lipinski definition) is 3. The number of carbonyl (C=O) groups is 2. The molecule has 4 N–H and O–H groups in total. The van der Waals surface area contributed by atoms with Gasteiger partial charge in [0.25, 0.3) is 0 Å². The lowest BCUT2D eigenvalue weighted by atomic mass is 9.59. The van der Waals surface area contributed by atoms with E-state index < -0.39 is 22.9 Å². The van der Waals surface area contributed by atoms with Gasteiger partial charge in [0.2, 0.25) is 0 Å². The zero-order chi connectivity index (χ0) is 31.3. The van der Waals surface area contributed by atoms with Gasteiger partial charge in [0.05, 0.1) is 5.41 Å². The molecule has 4 aromatic carbocycles. The van der Waals surface area contributed by atoms with Crippen molar-refractivity contribution in [2.24, 2.45) is 11.1 Å². The van der Waals surface area contributed by atoms with E-state index in [2.05, 4.69) is 72.8 Å². The molecule has 0 heterocycles. The van der Waals surface area contributed by atoms with Gasteiger partial charge in [-0.3, -0.25) is 9.59 Å². The van der Waals surface area contributed by atoms with E-state index in [1.807, 2.05) is 55.5 Å². The summed E-state index contributed by atoms with van der Waals surface area (Å²) in [4.78, 5) is 23.0. The van der Waals surface area contributed by atoms with E-state index in [4.69, 9.17) is 5.73 Å². The highest BCUT2D eigenvalue weighted by Gasteiger charge is 2.47. The van der Waals surface area contributed by atoms with Gasteiger partial charge in [-0.2, -0.15) is 0 Å². The van der Waals surface area contributed by atoms with Crippen molar-refractivity contribution in [2.45, 2.75) is 74.7 Å². The van der Waals surface area contributed by atoms with Gasteiger partial charge >= 0.3 is 11.9 Å². The molecule has 2 fully saturated rings. The molecule has 0 aliphatic heterocycles. The van der Waals surface area contributed by atoms with Crippen LogP contribution in [0.15, 0.2) is 121 Å². The third-order valence-electron chi connectivity index (χ3n) is 10.5. The van der Waals surface area contributed by atoms with Crippen molar-refractivity contribution in [2.75, 3.05) is 0 Å². The third kappa shape index (κ3) is 6.07. The second-order valence-electron chi connectivity index (χ2n) is 13.0. The first-order valence-corrected chi connectivity index (χ1v) is 15.6. The summed E-state index contributed by atoms with van der Waals surface area (Å²) in [6.07, 6.45) is 5.68. The van der Waals surface area contributed by atoms with Crippen LogP contribution in [-0.4, -0.2) is 27.7 Å². The fraction of sp³-hybridized carbons (Fsp3) is 0.333. The second-order valence-corrected chi connectivity index (χ2v) is 13.0. The Morgan fingerprint density at radius 3 is 1.00 bits per heavy atom. The Labute approximate surface area is 260 Å². The smallest absolute Gasteiger partial charge is 0.323 e. The van der Waals surface area contributed by atoms with Crippen LogP contribution in [0.3, 0.4) is 0 Å². The lowest BCUT2D eigenvalue weighted by Crippen LogP contribution is -2.53. The van der Waals surface area contributed by atoms with Crippen molar-refractivity contribution < 1.29 is 19.8 Å². The van der Waals surface area contributed by atoms with Crippen LogP contribution in [0.5, 0.6) is 0 Å². The fourth-order valence-electron chi connectivity index (χ4n) is 7.30. The minimum atomic E-state index is -1.09. The number of nitrogens with two attached hydrogens (primary N) is 1. The predicted molar refractivity (Wildman–Crippen MR) is 175 cm³/mol. The molecule has 0 atom stereocenters. The van der Waals surface area contributed by atoms with Crippen LogP contribution in [0.1, 0.15) is 80.5 Å². The molecule has 0 spiro atoms. The summed E-state index contributed by atoms with van der Waals surface area (Å²) in [6.45, 7) is 1.88. The van der Waals surface area contributed by atoms with Crippen LogP contribution in [0.2, 0.25) is 0 Å². The third-order valence-corrected chi connectivity index (χ3v) is 10.5. The van der Waals surface area contributed by atoms with E-state index in [1.54, 1.807) is 0 Å². The average Bonchev–Trinajstić information content (AvgIpc) is 3.07. The molecule has 4 aromatic rings. The standard InChI is InChI=1S/C20H22O2.C19H21NO2/c1-19(18(21)22)12-14-20(15-13-19,16-8-4-2-5-9-16)17-10-6-3-7-11-17;20-19(17(21)22)13-11-18(12-14-19,15-7-3-1-4-8-15)16-9-5-2-6-10-16/h2-11H,12-15H2,1H3,(H,21,22);1-10H,11-14,20H2,(H,21,22). The second kappa shape index (κ2) is 12.8. The van der Waals surface area contributed by atoms with Gasteiger partial charge in [0, 0.05) is 10.8 Å². The van der Waals surface area contributed by atoms with E-state index >= 15 is 0 Å². The molecule has 6 rings (SSSR count). The zero-order valence-corrected chi connectivity index (χ0v) is 25.5. The van der Waals surface area contributed by atoms with Crippen LogP contribution < -0.4 is 5.73 Å². The largest absolute Gasteiger partial charge is 0.481 e. The highest BCUT2D eigenvalue weighted by Crippen LogP contribution is 2.51. The quantitative estimate of drug-likeness (QED) is 0.212. The molecule has 0 saturated heterocycles. The predicted octanol–water partition coefficient (Wildman–Crippen LogP) is 7.97. The van der Waals surface area contributed by atoms with Crippen molar-refractivity contribution >= 4 is 11.9 Å². The number of benzene rings is 4. The van der Waals surface area contributed by atoms with E-state index in [0.29, 0.717) is 25.7 Å². The van der Waals surface area contributed by atoms with E-state index in [9.17, 15) is 19.8 Å². The minimum Gasteiger partial charge on any atom is -0.481 e. The maximum absolute atomic E-state index is 11.6. The van der Waals surface area contributed by atoms with Crippen molar-refractivity contribution in [3.8, 4) is 0 Å². The molecule has 5 heteroatoms. The van der Waals surface area contributed by atoms with Gasteiger partial charge in [0.1, 0.15) is 5.54 Å². The first kappa shape index (κ1) is 31.2. The molecule has 5 nitrogen and oxygen atoms in total. The van der Waals surface area contributed by atoms with Crippen LogP contribution in [0.4, 0.5) is 0 Å². The SMILES string of the molecule is CC1(C(=O)O)CCC(c2ccccc2)(c2ccccc2)CC1.NC1(C(=O)O)CCC(c2ccccc2)(c2ccccc2)CC1. The fourth-order valence-corrected chi connectivity index (χ4v) is 7.30. The van der Waals surface area contributed by atoms with Crippen molar-refractivity contribution in [3.05, 3.63) is 144 Å². The minimum absolute atomic E-state index is 0.0581. The summed E-state index contributed by atoms with van der Waals surface area (Å²) in [6, 6.07) is 41.8. The summed E-state index contributed by atoms with van der Waals surface area (Å²) in [5.74, 6) is -1.55. The van der Waals surface area contributed by atoms with E-state index in [0.717, 1.165) is 25.7 Å². The lowest BCUT2D eigenvalue weighted by molar-refractivity contribution is -0.150. The van der Waals surface area contributed by atoms with Crippen LogP contribution in [-0.2, 0) is 20.4 Å². The summed E-state index contributed by atoms with van der Waals surface area (Å²) in [7, 11) is 0. The Kier molecular flexibility index (Phi) is 9.07. The molecule has 2 aliphatic rings. The number of carboxylic acid groups (broad SMARTS) is 2. The van der Waals surface area contributed by atoms with Crippen LogP contribution in [0, 0.1) is 5.41 Å². The molecule has 2 saturated carbocycles. The maximum atomic E-state index is 11.6. The molecule has 0 radical (unpaired) electrons. The molecule has 44 heavy (non-hydrogen) atoms. The number of hydrogen-bond acceptors (Lipinski definition) is 3. The van der Waals surface area contributed by atoms with Crippen LogP contribution >= 0.6 is 0 Å². The Bertz CT molecular complexity index is 1320. The zero-order valence-electron chi connectivity index (χ0n) is 25.5. The van der Waals surface area contributed by atoms with Gasteiger partial charge in [-0.25, -0.2) is 0 Å². The summed E-state index contributed by atoms with van der Waals surface area (Å²) in [5.41, 5.74) is 9.29. The first-order valence-electron chi connectivity index (χ1n) is 15.6. The highest BCUT2D eigenvalue weighted by atomic mass is 16.4. The average molecular weight is 590 g/mol. The Balaban J connectivity index is 0.000000175. The highest BCUT2D eigenvalue weighted by molar-refractivity contribution is 5.78. The number of aliphatic carboxylic acids is 2. The van der Waals surface area contributed by atoms with E-state index in [-0.39, 0.29) is 10.8 Å². The summed E-state index contributed by atoms with van der Waals surface area (Å²) < 4.78 is 0. The maximum Gasteiger partial charge on any atom is 0.323 e. The van der Waals surface area contributed by atoms with Crippen LogP contribution in [0.25, 0.3) is 0 Å². The number of carboxylic acids is 2. The van der Waals surface area contributed by atoms with Gasteiger partial charge in [-0.1, -0.05) is 121 Å². The van der Waals surface area contributed by atoms with Gasteiger partial charge in [-0.15, -0.1) is 0 Å². The molecule has 0 aromatic heterocycles. The van der Waals surface area contributed by atoms with Crippen molar-refractivity contribution in [1.29, 1.82) is 0 Å². The molecule has 228 valence electrons. The Morgan fingerprint density at radius 2 is 0.750 bits per heavy atom. The molecular formula is C39H43NO4. The molecule has 0 unspecified atom stereocenters. The first-order chi connectivity index (χ1) is 21.1. The topological polar surface area (TPSA) is 101 Å². The molecule has 2 aliphatic carbocycles. The van der Waals surface area contributed by atoms with Crippen molar-refractivity contribution in [3.63, 3.8) is 0 Å². The Morgan fingerprint density at radius 1 is 0.477 bits per heavy atom.